The molecule has 0 N–H and O–H groups in total. The number of ether oxygens (including phenoxy) is 2. The van der Waals surface area contributed by atoms with Crippen molar-refractivity contribution in [2.24, 2.45) is 0 Å². The van der Waals surface area contributed by atoms with Crippen LogP contribution in [-0.4, -0.2) is 25.2 Å². The van der Waals surface area contributed by atoms with E-state index in [2.05, 4.69) is 22.9 Å². The molecule has 0 unspecified atom stereocenters. The van der Waals surface area contributed by atoms with Crippen molar-refractivity contribution in [3.8, 4) is 9.75 Å². The summed E-state index contributed by atoms with van der Waals surface area (Å²) in [5, 5.41) is 4.37. The van der Waals surface area contributed by atoms with Crippen molar-refractivity contribution >= 4 is 34.6 Å². The Morgan fingerprint density at radius 2 is 1.13 bits per heavy atom. The number of carbonyl (C=O) groups excluding carboxylic acids is 2. The van der Waals surface area contributed by atoms with Crippen LogP contribution in [-0.2, 0) is 31.9 Å². The van der Waals surface area contributed by atoms with Crippen molar-refractivity contribution < 1.29 is 19.1 Å². The van der Waals surface area contributed by atoms with Crippen molar-refractivity contribution in [3.05, 3.63) is 34.0 Å². The summed E-state index contributed by atoms with van der Waals surface area (Å²) < 4.78 is 9.97. The fourth-order valence-corrected chi connectivity index (χ4v) is 5.60. The lowest BCUT2D eigenvalue weighted by Crippen LogP contribution is -2.03. The molecule has 2 heterocycles. The predicted octanol–water partition coefficient (Wildman–Crippen LogP) is 6.81. The summed E-state index contributed by atoms with van der Waals surface area (Å²) in [5.74, 6) is -0.168. The molecule has 0 aliphatic heterocycles. The third kappa shape index (κ3) is 8.60. The quantitative estimate of drug-likeness (QED) is 0.221. The van der Waals surface area contributed by atoms with Crippen LogP contribution in [0.1, 0.15) is 76.3 Å². The number of unbranched alkanes of at least 4 members (excludes halogenated alkanes) is 4. The highest BCUT2D eigenvalue weighted by Crippen LogP contribution is 2.37. The Morgan fingerprint density at radius 1 is 0.700 bits per heavy atom. The van der Waals surface area contributed by atoms with E-state index in [4.69, 9.17) is 9.47 Å². The molecule has 2 rings (SSSR count). The lowest BCUT2D eigenvalue weighted by Gasteiger charge is -2.07. The number of hydrogen-bond acceptors (Lipinski definition) is 6. The molecule has 166 valence electrons. The van der Waals surface area contributed by atoms with Gasteiger partial charge in [-0.05, 0) is 86.4 Å². The number of rotatable bonds is 15. The molecule has 2 aromatic heterocycles. The first kappa shape index (κ1) is 24.6. The molecule has 0 aliphatic rings. The minimum atomic E-state index is -0.0841. The average Bonchev–Trinajstić information content (AvgIpc) is 3.36. The molecule has 6 heteroatoms. The Bertz CT molecular complexity index is 699. The number of thiophene rings is 2. The zero-order valence-electron chi connectivity index (χ0n) is 18.2. The molecular formula is C24H34O4S2. The smallest absolute Gasteiger partial charge is 0.305 e. The van der Waals surface area contributed by atoms with Gasteiger partial charge in [-0.3, -0.25) is 9.59 Å². The van der Waals surface area contributed by atoms with Crippen molar-refractivity contribution in [3.63, 3.8) is 0 Å². The van der Waals surface area contributed by atoms with E-state index in [0.29, 0.717) is 26.1 Å². The number of aryl methyl sites for hydroxylation is 2. The van der Waals surface area contributed by atoms with E-state index >= 15 is 0 Å². The van der Waals surface area contributed by atoms with E-state index in [1.165, 1.54) is 20.9 Å². The lowest BCUT2D eigenvalue weighted by atomic mass is 10.0. The fraction of sp³-hybridized carbons (Fsp3) is 0.583. The van der Waals surface area contributed by atoms with Crippen LogP contribution in [0.4, 0.5) is 0 Å². The summed E-state index contributed by atoms with van der Waals surface area (Å²) in [5.41, 5.74) is 2.84. The fourth-order valence-electron chi connectivity index (χ4n) is 3.45. The third-order valence-electron chi connectivity index (χ3n) is 4.96. The van der Waals surface area contributed by atoms with Gasteiger partial charge < -0.3 is 9.47 Å². The maximum atomic E-state index is 11.4. The maximum Gasteiger partial charge on any atom is 0.305 e. The maximum absolute atomic E-state index is 11.4. The largest absolute Gasteiger partial charge is 0.466 e. The molecule has 0 amide bonds. The molecule has 0 saturated heterocycles. The second kappa shape index (κ2) is 14.4. The van der Waals surface area contributed by atoms with Crippen LogP contribution >= 0.6 is 22.7 Å². The molecule has 4 nitrogen and oxygen atoms in total. The normalized spacial score (nSPS) is 10.9. The summed E-state index contributed by atoms with van der Waals surface area (Å²) in [6, 6.07) is 4.49. The van der Waals surface area contributed by atoms with Gasteiger partial charge in [-0.25, -0.2) is 0 Å². The Kier molecular flexibility index (Phi) is 11.8. The average molecular weight is 451 g/mol. The molecule has 30 heavy (non-hydrogen) atoms. The molecule has 0 aromatic carbocycles. The van der Waals surface area contributed by atoms with Crippen molar-refractivity contribution in [2.75, 3.05) is 13.2 Å². The zero-order chi connectivity index (χ0) is 21.6. The van der Waals surface area contributed by atoms with Crippen molar-refractivity contribution in [1.29, 1.82) is 0 Å². The van der Waals surface area contributed by atoms with Crippen LogP contribution in [0.25, 0.3) is 9.75 Å². The minimum absolute atomic E-state index is 0.0841. The first-order valence-electron chi connectivity index (χ1n) is 11.1. The van der Waals surface area contributed by atoms with Gasteiger partial charge in [0.15, 0.2) is 0 Å². The molecule has 2 aromatic rings. The molecule has 0 bridgehead atoms. The number of esters is 2. The van der Waals surface area contributed by atoms with E-state index in [9.17, 15) is 9.59 Å². The molecule has 0 saturated carbocycles. The van der Waals surface area contributed by atoms with E-state index in [1.807, 2.05) is 36.5 Å². The lowest BCUT2D eigenvalue weighted by molar-refractivity contribution is -0.144. The summed E-state index contributed by atoms with van der Waals surface area (Å²) in [7, 11) is 0. The first-order chi connectivity index (χ1) is 14.7. The van der Waals surface area contributed by atoms with E-state index in [0.717, 1.165) is 51.4 Å². The number of carbonyl (C=O) groups is 2. The molecule has 0 atom stereocenters. The Hall–Kier alpha value is -1.66. The van der Waals surface area contributed by atoms with Gasteiger partial charge in [0.25, 0.3) is 0 Å². The second-order valence-electron chi connectivity index (χ2n) is 7.28. The highest BCUT2D eigenvalue weighted by Gasteiger charge is 2.13. The van der Waals surface area contributed by atoms with E-state index in [-0.39, 0.29) is 11.9 Å². The Labute approximate surface area is 188 Å². The molecule has 0 radical (unpaired) electrons. The topological polar surface area (TPSA) is 52.6 Å². The third-order valence-corrected chi connectivity index (χ3v) is 7.04. The van der Waals surface area contributed by atoms with Crippen LogP contribution in [0.2, 0.25) is 0 Å². The summed E-state index contributed by atoms with van der Waals surface area (Å²) in [4.78, 5) is 25.7. The summed E-state index contributed by atoms with van der Waals surface area (Å²) >= 11 is 3.65. The van der Waals surface area contributed by atoms with Crippen LogP contribution in [0, 0.1) is 0 Å². The SMILES string of the molecule is CCOC(=O)CCCCCc1ccsc1-c1sccc1CCCCCC(=O)OCC. The highest BCUT2D eigenvalue weighted by molar-refractivity contribution is 7.20. The van der Waals surface area contributed by atoms with Gasteiger partial charge in [0.1, 0.15) is 0 Å². The van der Waals surface area contributed by atoms with Crippen LogP contribution in [0.5, 0.6) is 0 Å². The second-order valence-corrected chi connectivity index (χ2v) is 9.11. The predicted molar refractivity (Wildman–Crippen MR) is 125 cm³/mol. The van der Waals surface area contributed by atoms with Gasteiger partial charge in [0.2, 0.25) is 0 Å². The van der Waals surface area contributed by atoms with Gasteiger partial charge in [-0.15, -0.1) is 22.7 Å². The minimum Gasteiger partial charge on any atom is -0.466 e. The van der Waals surface area contributed by atoms with Gasteiger partial charge in [-0.1, -0.05) is 12.8 Å². The van der Waals surface area contributed by atoms with Crippen molar-refractivity contribution in [1.82, 2.24) is 0 Å². The Morgan fingerprint density at radius 3 is 1.53 bits per heavy atom. The van der Waals surface area contributed by atoms with Crippen molar-refractivity contribution in [2.45, 2.75) is 78.1 Å². The van der Waals surface area contributed by atoms with Crippen LogP contribution in [0.15, 0.2) is 22.9 Å². The van der Waals surface area contributed by atoms with Gasteiger partial charge in [0, 0.05) is 22.6 Å². The summed E-state index contributed by atoms with van der Waals surface area (Å²) in [6.07, 6.45) is 9.23. The van der Waals surface area contributed by atoms with Gasteiger partial charge >= 0.3 is 11.9 Å². The number of hydrogen-bond donors (Lipinski definition) is 0. The highest BCUT2D eigenvalue weighted by atomic mass is 32.1. The van der Waals surface area contributed by atoms with Gasteiger partial charge in [0.05, 0.1) is 13.2 Å². The zero-order valence-corrected chi connectivity index (χ0v) is 19.9. The molecular weight excluding hydrogens is 416 g/mol. The van der Waals surface area contributed by atoms with Crippen LogP contribution < -0.4 is 0 Å². The van der Waals surface area contributed by atoms with Gasteiger partial charge in [-0.2, -0.15) is 0 Å². The summed E-state index contributed by atoms with van der Waals surface area (Å²) in [6.45, 7) is 4.62. The molecule has 0 fully saturated rings. The van der Waals surface area contributed by atoms with E-state index in [1.54, 1.807) is 0 Å². The first-order valence-corrected chi connectivity index (χ1v) is 12.9. The monoisotopic (exact) mass is 450 g/mol. The van der Waals surface area contributed by atoms with E-state index < -0.39 is 0 Å². The molecule has 0 spiro atoms. The standard InChI is InChI=1S/C24H34O4S2/c1-3-27-21(25)13-9-5-7-11-19-15-17-29-23(19)24-20(16-18-30-24)12-8-6-10-14-22(26)28-4-2/h15-18H,3-14H2,1-2H3. The Balaban J connectivity index is 1.77. The molecule has 0 aliphatic carbocycles. The van der Waals surface area contributed by atoms with Crippen LogP contribution in [0.3, 0.4) is 0 Å².